The average molecular weight is 434 g/mol. The molecule has 0 aliphatic carbocycles. The summed E-state index contributed by atoms with van der Waals surface area (Å²) in [7, 11) is 0. The summed E-state index contributed by atoms with van der Waals surface area (Å²) >= 11 is 0. The lowest BCUT2D eigenvalue weighted by molar-refractivity contribution is 0.122. The highest BCUT2D eigenvalue weighted by Gasteiger charge is 2.29. The van der Waals surface area contributed by atoms with Gasteiger partial charge in [-0.05, 0) is 13.8 Å². The van der Waals surface area contributed by atoms with Gasteiger partial charge in [0.1, 0.15) is 11.6 Å². The van der Waals surface area contributed by atoms with Crippen LogP contribution in [0.1, 0.15) is 24.4 Å². The van der Waals surface area contributed by atoms with E-state index in [0.717, 1.165) is 18.0 Å². The van der Waals surface area contributed by atoms with E-state index in [1.807, 2.05) is 0 Å². The van der Waals surface area contributed by atoms with E-state index in [0.29, 0.717) is 32.1 Å². The highest BCUT2D eigenvalue weighted by Crippen LogP contribution is 2.35. The summed E-state index contributed by atoms with van der Waals surface area (Å²) in [4.78, 5) is 15.5. The Morgan fingerprint density at radius 3 is 2.58 bits per heavy atom. The Balaban J connectivity index is 1.83. The molecule has 12 heteroatoms. The van der Waals surface area contributed by atoms with Crippen LogP contribution in [0.4, 0.5) is 36.6 Å². The molecule has 1 aliphatic rings. The van der Waals surface area contributed by atoms with Gasteiger partial charge in [0.15, 0.2) is 17.5 Å². The summed E-state index contributed by atoms with van der Waals surface area (Å²) in [5.41, 5.74) is 6.53. The lowest BCUT2D eigenvalue weighted by Crippen LogP contribution is -2.38. The maximum atomic E-state index is 14.8. The monoisotopic (exact) mass is 434 g/mol. The third-order valence-corrected chi connectivity index (χ3v) is 4.93. The molecule has 0 saturated carbocycles. The van der Waals surface area contributed by atoms with Crippen LogP contribution in [0.25, 0.3) is 0 Å². The third kappa shape index (κ3) is 4.10. The molecule has 3 N–H and O–H groups in total. The lowest BCUT2D eigenvalue weighted by Gasteiger charge is -2.31. The Kier molecular flexibility index (Phi) is 5.63. The molecule has 1 saturated heterocycles. The van der Waals surface area contributed by atoms with E-state index in [-0.39, 0.29) is 23.3 Å². The van der Waals surface area contributed by atoms with Gasteiger partial charge in [-0.1, -0.05) is 0 Å². The molecule has 3 aromatic heterocycles. The number of rotatable bonds is 5. The van der Waals surface area contributed by atoms with Gasteiger partial charge in [0, 0.05) is 30.9 Å². The summed E-state index contributed by atoms with van der Waals surface area (Å²) < 4.78 is 48.0. The highest BCUT2D eigenvalue weighted by atomic mass is 19.1. The van der Waals surface area contributed by atoms with E-state index in [1.54, 1.807) is 24.8 Å². The molecule has 4 heterocycles. The van der Waals surface area contributed by atoms with E-state index < -0.39 is 23.5 Å². The highest BCUT2D eigenvalue weighted by molar-refractivity contribution is 5.61. The minimum absolute atomic E-state index is 0.00455. The number of nitrogens with zero attached hydrogens (tertiary/aromatic N) is 6. The maximum Gasteiger partial charge on any atom is 0.235 e. The Bertz CT molecular complexity index is 1090. The van der Waals surface area contributed by atoms with Crippen molar-refractivity contribution in [2.24, 2.45) is 0 Å². The normalized spacial score (nSPS) is 15.2. The van der Waals surface area contributed by atoms with Gasteiger partial charge in [-0.25, -0.2) is 8.78 Å². The fourth-order valence-electron chi connectivity index (χ4n) is 3.39. The number of halogens is 3. The summed E-state index contributed by atoms with van der Waals surface area (Å²) in [6, 6.07) is 1.62. The van der Waals surface area contributed by atoms with Gasteiger partial charge < -0.3 is 15.4 Å². The minimum atomic E-state index is -0.840. The number of aromatic amines is 1. The molecule has 1 aliphatic heterocycles. The van der Waals surface area contributed by atoms with Crippen molar-refractivity contribution < 1.29 is 17.9 Å². The number of aryl methyl sites for hydroxylation is 1. The molecule has 1 fully saturated rings. The maximum absolute atomic E-state index is 14.8. The second-order valence-corrected chi connectivity index (χ2v) is 7.12. The first-order valence-corrected chi connectivity index (χ1v) is 9.63. The molecule has 0 amide bonds. The van der Waals surface area contributed by atoms with Crippen LogP contribution in [-0.4, -0.2) is 51.5 Å². The van der Waals surface area contributed by atoms with Gasteiger partial charge in [0.05, 0.1) is 31.1 Å². The smallest absolute Gasteiger partial charge is 0.235 e. The Labute approximate surface area is 176 Å². The van der Waals surface area contributed by atoms with Crippen LogP contribution in [0.5, 0.6) is 0 Å². The average Bonchev–Trinajstić information content (AvgIpc) is 3.16. The zero-order valence-electron chi connectivity index (χ0n) is 16.9. The molecule has 0 aromatic carbocycles. The quantitative estimate of drug-likeness (QED) is 0.631. The SMILES string of the molecule is Cc1cc(N(c2nc(N)c(F)c(N3CCOCC3)n2)C(C)c2ncc(F)cc2F)n[nH]1. The molecule has 0 spiro atoms. The number of H-pyrrole nitrogens is 1. The van der Waals surface area contributed by atoms with Gasteiger partial charge in [-0.3, -0.25) is 15.0 Å². The van der Waals surface area contributed by atoms with E-state index >= 15 is 0 Å². The molecule has 4 rings (SSSR count). The second-order valence-electron chi connectivity index (χ2n) is 7.12. The number of hydrogen-bond donors (Lipinski definition) is 2. The number of nitrogen functional groups attached to an aromatic ring is 1. The predicted molar refractivity (Wildman–Crippen MR) is 107 cm³/mol. The number of nitrogens with two attached hydrogens (primary N) is 1. The van der Waals surface area contributed by atoms with Gasteiger partial charge in [-0.2, -0.15) is 19.5 Å². The van der Waals surface area contributed by atoms with Crippen LogP contribution in [0.2, 0.25) is 0 Å². The van der Waals surface area contributed by atoms with Crippen LogP contribution in [0.15, 0.2) is 18.3 Å². The number of aromatic nitrogens is 5. The first-order valence-electron chi connectivity index (χ1n) is 9.63. The largest absolute Gasteiger partial charge is 0.381 e. The minimum Gasteiger partial charge on any atom is -0.381 e. The molecule has 164 valence electrons. The molecule has 9 nitrogen and oxygen atoms in total. The number of morpholine rings is 1. The molecule has 1 unspecified atom stereocenters. The summed E-state index contributed by atoms with van der Waals surface area (Å²) in [6.45, 7) is 5.11. The van der Waals surface area contributed by atoms with Crippen molar-refractivity contribution >= 4 is 23.4 Å². The van der Waals surface area contributed by atoms with Crippen molar-refractivity contribution in [1.29, 1.82) is 0 Å². The van der Waals surface area contributed by atoms with Crippen molar-refractivity contribution in [1.82, 2.24) is 25.1 Å². The van der Waals surface area contributed by atoms with Crippen LogP contribution >= 0.6 is 0 Å². The first kappa shape index (κ1) is 20.8. The fourth-order valence-corrected chi connectivity index (χ4v) is 3.39. The van der Waals surface area contributed by atoms with E-state index in [4.69, 9.17) is 10.5 Å². The van der Waals surface area contributed by atoms with Gasteiger partial charge in [-0.15, -0.1) is 0 Å². The van der Waals surface area contributed by atoms with E-state index in [1.165, 1.54) is 4.90 Å². The van der Waals surface area contributed by atoms with E-state index in [2.05, 4.69) is 25.1 Å². The fraction of sp³-hybridized carbons (Fsp3) is 0.368. The van der Waals surface area contributed by atoms with Crippen molar-refractivity contribution in [2.45, 2.75) is 19.9 Å². The van der Waals surface area contributed by atoms with Gasteiger partial charge in [0.2, 0.25) is 11.8 Å². The second kappa shape index (κ2) is 8.38. The number of anilines is 4. The van der Waals surface area contributed by atoms with Crippen LogP contribution < -0.4 is 15.5 Å². The van der Waals surface area contributed by atoms with Crippen molar-refractivity contribution in [3.63, 3.8) is 0 Å². The van der Waals surface area contributed by atoms with Crippen LogP contribution in [0, 0.1) is 24.4 Å². The summed E-state index contributed by atoms with van der Waals surface area (Å²) in [5.74, 6) is -2.38. The van der Waals surface area contributed by atoms with Crippen LogP contribution in [0.3, 0.4) is 0 Å². The van der Waals surface area contributed by atoms with Crippen LogP contribution in [-0.2, 0) is 4.74 Å². The standard InChI is InChI=1S/C19H21F3N8O/c1-10-7-14(28-27-10)30(11(2)16-13(21)8-12(20)9-24-16)19-25-17(23)15(22)18(26-19)29-3-5-31-6-4-29/h7-9,11H,3-6H2,1-2H3,(H,27,28)(H2,23,25,26). The summed E-state index contributed by atoms with van der Waals surface area (Å²) in [6.07, 6.45) is 0.919. The molecular weight excluding hydrogens is 413 g/mol. The lowest BCUT2D eigenvalue weighted by atomic mass is 10.1. The summed E-state index contributed by atoms with van der Waals surface area (Å²) in [5, 5.41) is 7.01. The van der Waals surface area contributed by atoms with Crippen molar-refractivity contribution in [3.8, 4) is 0 Å². The third-order valence-electron chi connectivity index (χ3n) is 4.93. The molecule has 0 bridgehead atoms. The zero-order chi connectivity index (χ0) is 22.1. The molecule has 0 radical (unpaired) electrons. The Morgan fingerprint density at radius 1 is 1.19 bits per heavy atom. The Hall–Kier alpha value is -3.41. The Morgan fingerprint density at radius 2 is 1.94 bits per heavy atom. The van der Waals surface area contributed by atoms with Gasteiger partial charge in [0.25, 0.3) is 0 Å². The zero-order valence-corrected chi connectivity index (χ0v) is 16.9. The molecule has 3 aromatic rings. The number of ether oxygens (including phenoxy) is 1. The molecule has 1 atom stereocenters. The predicted octanol–water partition coefficient (Wildman–Crippen LogP) is 2.64. The number of pyridine rings is 1. The van der Waals surface area contributed by atoms with Gasteiger partial charge >= 0.3 is 0 Å². The van der Waals surface area contributed by atoms with E-state index in [9.17, 15) is 13.2 Å². The number of nitrogens with one attached hydrogen (secondary N) is 1. The van der Waals surface area contributed by atoms with Crippen molar-refractivity contribution in [2.75, 3.05) is 41.8 Å². The number of hydrogen-bond acceptors (Lipinski definition) is 8. The topological polar surface area (TPSA) is 109 Å². The van der Waals surface area contributed by atoms with Crippen molar-refractivity contribution in [3.05, 3.63) is 47.2 Å². The molecular formula is C19H21F3N8O. The molecule has 31 heavy (non-hydrogen) atoms. The first-order chi connectivity index (χ1) is 14.8.